The SMILES string of the molecule is CC(C)N1CCC(C(=O)Cc2cc3cc(-c4cncn4C)ccc3cn2)CC1. The second kappa shape index (κ2) is 7.84. The first-order valence-electron chi connectivity index (χ1n) is 10.1. The number of benzene rings is 1. The number of rotatable bonds is 5. The van der Waals surface area contributed by atoms with Crippen molar-refractivity contribution in [3.63, 3.8) is 0 Å². The fourth-order valence-electron chi connectivity index (χ4n) is 4.14. The van der Waals surface area contributed by atoms with Gasteiger partial charge < -0.3 is 9.47 Å². The third kappa shape index (κ3) is 3.85. The van der Waals surface area contributed by atoms with E-state index in [4.69, 9.17) is 0 Å². The monoisotopic (exact) mass is 376 g/mol. The highest BCUT2D eigenvalue weighted by molar-refractivity contribution is 5.88. The third-order valence-electron chi connectivity index (χ3n) is 5.96. The Balaban J connectivity index is 1.50. The zero-order valence-electron chi connectivity index (χ0n) is 16.9. The molecule has 1 aromatic carbocycles. The quantitative estimate of drug-likeness (QED) is 0.678. The van der Waals surface area contributed by atoms with Gasteiger partial charge in [0.05, 0.1) is 18.2 Å². The zero-order valence-corrected chi connectivity index (χ0v) is 16.9. The predicted molar refractivity (Wildman–Crippen MR) is 112 cm³/mol. The van der Waals surface area contributed by atoms with Crippen molar-refractivity contribution in [1.82, 2.24) is 19.4 Å². The maximum Gasteiger partial charge on any atom is 0.142 e. The van der Waals surface area contributed by atoms with E-state index in [1.165, 1.54) is 0 Å². The number of carbonyl (C=O) groups is 1. The lowest BCUT2D eigenvalue weighted by atomic mass is 9.89. The average molecular weight is 377 g/mol. The molecule has 3 aromatic rings. The van der Waals surface area contributed by atoms with Crippen LogP contribution in [-0.4, -0.2) is 44.3 Å². The molecule has 1 aliphatic rings. The summed E-state index contributed by atoms with van der Waals surface area (Å²) in [6.45, 7) is 6.49. The summed E-state index contributed by atoms with van der Waals surface area (Å²) < 4.78 is 2.01. The summed E-state index contributed by atoms with van der Waals surface area (Å²) >= 11 is 0. The summed E-state index contributed by atoms with van der Waals surface area (Å²) in [5, 5.41) is 2.21. The van der Waals surface area contributed by atoms with Gasteiger partial charge in [-0.25, -0.2) is 4.98 Å². The smallest absolute Gasteiger partial charge is 0.142 e. The van der Waals surface area contributed by atoms with Crippen molar-refractivity contribution in [2.24, 2.45) is 13.0 Å². The Kier molecular flexibility index (Phi) is 5.27. The molecule has 1 saturated heterocycles. The van der Waals surface area contributed by atoms with Gasteiger partial charge >= 0.3 is 0 Å². The van der Waals surface area contributed by atoms with Crippen LogP contribution in [-0.2, 0) is 18.3 Å². The van der Waals surface area contributed by atoms with Crippen molar-refractivity contribution in [2.75, 3.05) is 13.1 Å². The van der Waals surface area contributed by atoms with Gasteiger partial charge in [0, 0.05) is 48.3 Å². The molecule has 2 aromatic heterocycles. The highest BCUT2D eigenvalue weighted by Gasteiger charge is 2.26. The van der Waals surface area contributed by atoms with Crippen molar-refractivity contribution in [3.8, 4) is 11.3 Å². The Morgan fingerprint density at radius 2 is 1.93 bits per heavy atom. The molecule has 28 heavy (non-hydrogen) atoms. The van der Waals surface area contributed by atoms with E-state index in [2.05, 4.69) is 53.0 Å². The minimum Gasteiger partial charge on any atom is -0.334 e. The first-order chi connectivity index (χ1) is 13.5. The number of hydrogen-bond acceptors (Lipinski definition) is 4. The van der Waals surface area contributed by atoms with Crippen molar-refractivity contribution in [2.45, 2.75) is 39.2 Å². The van der Waals surface area contributed by atoms with E-state index >= 15 is 0 Å². The molecule has 3 heterocycles. The second-order valence-electron chi connectivity index (χ2n) is 8.17. The van der Waals surface area contributed by atoms with Crippen LogP contribution in [0.2, 0.25) is 0 Å². The fourth-order valence-corrected chi connectivity index (χ4v) is 4.14. The zero-order chi connectivity index (χ0) is 19.7. The highest BCUT2D eigenvalue weighted by atomic mass is 16.1. The molecule has 0 aliphatic carbocycles. The predicted octanol–water partition coefficient (Wildman–Crippen LogP) is 3.87. The summed E-state index contributed by atoms with van der Waals surface area (Å²) in [5.74, 6) is 0.506. The Hall–Kier alpha value is -2.53. The molecule has 0 atom stereocenters. The van der Waals surface area contributed by atoms with Crippen LogP contribution in [0.25, 0.3) is 22.0 Å². The van der Waals surface area contributed by atoms with Gasteiger partial charge in [-0.3, -0.25) is 9.78 Å². The molecular weight excluding hydrogens is 348 g/mol. The van der Waals surface area contributed by atoms with Gasteiger partial charge in [-0.15, -0.1) is 0 Å². The van der Waals surface area contributed by atoms with E-state index in [1.807, 2.05) is 24.0 Å². The molecule has 1 aliphatic heterocycles. The Bertz CT molecular complexity index is 983. The first kappa shape index (κ1) is 18.8. The Morgan fingerprint density at radius 3 is 2.61 bits per heavy atom. The van der Waals surface area contributed by atoms with Crippen LogP contribution < -0.4 is 0 Å². The lowest BCUT2D eigenvalue weighted by molar-refractivity contribution is -0.123. The number of carbonyl (C=O) groups excluding carboxylic acids is 1. The standard InChI is InChI=1S/C23H28N4O/c1-16(2)27-8-6-17(7-9-27)23(28)12-21-11-20-10-18(4-5-19(20)13-25-21)22-14-24-15-26(22)3/h4-5,10-11,13-17H,6-9,12H2,1-3H3. The van der Waals surface area contributed by atoms with Crippen LogP contribution in [0.5, 0.6) is 0 Å². The lowest BCUT2D eigenvalue weighted by Gasteiger charge is -2.33. The van der Waals surface area contributed by atoms with Crippen molar-refractivity contribution < 1.29 is 4.79 Å². The molecule has 146 valence electrons. The van der Waals surface area contributed by atoms with Crippen LogP contribution in [0.4, 0.5) is 0 Å². The molecule has 4 rings (SSSR count). The number of aromatic nitrogens is 3. The molecule has 0 amide bonds. The molecule has 0 radical (unpaired) electrons. The summed E-state index contributed by atoms with van der Waals surface area (Å²) in [6.07, 6.45) is 7.92. The number of hydrogen-bond donors (Lipinski definition) is 0. The number of piperidine rings is 1. The number of likely N-dealkylation sites (tertiary alicyclic amines) is 1. The van der Waals surface area contributed by atoms with E-state index in [0.29, 0.717) is 18.2 Å². The first-order valence-corrected chi connectivity index (χ1v) is 10.1. The van der Waals surface area contributed by atoms with E-state index in [0.717, 1.165) is 53.7 Å². The largest absolute Gasteiger partial charge is 0.334 e. The molecule has 1 fully saturated rings. The van der Waals surface area contributed by atoms with Crippen LogP contribution in [0, 0.1) is 5.92 Å². The molecule has 0 unspecified atom stereocenters. The van der Waals surface area contributed by atoms with Crippen LogP contribution in [0.1, 0.15) is 32.4 Å². The summed E-state index contributed by atoms with van der Waals surface area (Å²) in [6, 6.07) is 8.96. The van der Waals surface area contributed by atoms with Gasteiger partial charge in [0.25, 0.3) is 0 Å². The maximum atomic E-state index is 12.8. The molecule has 5 heteroatoms. The number of ketones is 1. The number of nitrogens with zero attached hydrogens (tertiary/aromatic N) is 4. The van der Waals surface area contributed by atoms with Gasteiger partial charge in [0.2, 0.25) is 0 Å². The van der Waals surface area contributed by atoms with Gasteiger partial charge in [-0.1, -0.05) is 12.1 Å². The molecule has 0 bridgehead atoms. The average Bonchev–Trinajstić information content (AvgIpc) is 3.13. The van der Waals surface area contributed by atoms with Crippen molar-refractivity contribution in [1.29, 1.82) is 0 Å². The van der Waals surface area contributed by atoms with Crippen LogP contribution in [0.15, 0.2) is 43.0 Å². The van der Waals surface area contributed by atoms with E-state index in [9.17, 15) is 4.79 Å². The minimum atomic E-state index is 0.174. The number of imidazole rings is 1. The van der Waals surface area contributed by atoms with Gasteiger partial charge in [0.1, 0.15) is 5.78 Å². The number of aryl methyl sites for hydroxylation is 1. The van der Waals surface area contributed by atoms with Crippen molar-refractivity contribution in [3.05, 3.63) is 48.7 Å². The normalized spacial score (nSPS) is 16.1. The van der Waals surface area contributed by atoms with Gasteiger partial charge in [-0.05, 0) is 57.3 Å². The third-order valence-corrected chi connectivity index (χ3v) is 5.96. The maximum absolute atomic E-state index is 12.8. The van der Waals surface area contributed by atoms with Gasteiger partial charge in [0.15, 0.2) is 0 Å². The Labute approximate surface area is 166 Å². The molecule has 0 saturated carbocycles. The van der Waals surface area contributed by atoms with Crippen LogP contribution >= 0.6 is 0 Å². The summed E-state index contributed by atoms with van der Waals surface area (Å²) in [7, 11) is 1.99. The van der Waals surface area contributed by atoms with Crippen LogP contribution in [0.3, 0.4) is 0 Å². The van der Waals surface area contributed by atoms with Gasteiger partial charge in [-0.2, -0.15) is 0 Å². The van der Waals surface area contributed by atoms with E-state index in [-0.39, 0.29) is 5.92 Å². The second-order valence-corrected chi connectivity index (χ2v) is 8.17. The minimum absolute atomic E-state index is 0.174. The van der Waals surface area contributed by atoms with Crippen molar-refractivity contribution >= 4 is 16.6 Å². The molecule has 5 nitrogen and oxygen atoms in total. The lowest BCUT2D eigenvalue weighted by Crippen LogP contribution is -2.40. The topological polar surface area (TPSA) is 51.0 Å². The fraction of sp³-hybridized carbons (Fsp3) is 0.435. The molecular formula is C23H28N4O. The Morgan fingerprint density at radius 1 is 1.14 bits per heavy atom. The highest BCUT2D eigenvalue weighted by Crippen LogP contribution is 2.25. The molecule has 0 spiro atoms. The number of fused-ring (bicyclic) bond motifs is 1. The van der Waals surface area contributed by atoms with E-state index < -0.39 is 0 Å². The summed E-state index contributed by atoms with van der Waals surface area (Å²) in [5.41, 5.74) is 3.07. The number of Topliss-reactive ketones (excluding diaryl/α,β-unsaturated/α-hetero) is 1. The summed E-state index contributed by atoms with van der Waals surface area (Å²) in [4.78, 5) is 24.0. The molecule has 0 N–H and O–H groups in total. The van der Waals surface area contributed by atoms with E-state index in [1.54, 1.807) is 6.33 Å². The number of pyridine rings is 1.